The standard InChI is InChI=1S/C67H80ClF3N4O7S3Si2/c1-65(2,3)86(8,9)82-63(60-28-20-19-27-59(60)49-29-33-52(68)34-30-49)50-39-43-75(44-40-50)54-35-31-51(32-36-54)64(76)73-85(79,80)56-37-38-61(62(47-56)84(77,78)67(69,70)71)72-53(48-83-55-21-13-10-14-22-55)41-42-74(7)45-46-81-87(66(4,5)6,57-23-15-11-16-24-57)58-25-17-12-18-26-58/h10-38,47,50,53,63,72H,39-46,48H2,1-9H3,(H,73,76)/t53-,63-/m1/s1. The van der Waals surface area contributed by atoms with Gasteiger partial charge in [0.15, 0.2) is 8.32 Å². The number of alkyl halides is 3. The topological polar surface area (TPSA) is 134 Å². The van der Waals surface area contributed by atoms with Crippen molar-refractivity contribution in [3.8, 4) is 11.1 Å². The van der Waals surface area contributed by atoms with Crippen molar-refractivity contribution in [1.29, 1.82) is 0 Å². The molecule has 7 aromatic rings. The molecule has 20 heteroatoms. The molecule has 2 atom stereocenters. The summed E-state index contributed by atoms with van der Waals surface area (Å²) in [4.78, 5) is 16.7. The fraction of sp³-hybridized carbons (Fsp3) is 0.358. The molecule has 1 aliphatic rings. The van der Waals surface area contributed by atoms with E-state index in [1.165, 1.54) is 23.9 Å². The number of benzene rings is 7. The number of nitrogens with zero attached hydrogens (tertiary/aromatic N) is 2. The minimum atomic E-state index is -6.15. The number of hydrogen-bond donors (Lipinski definition) is 2. The second-order valence-corrected chi connectivity index (χ2v) is 39.1. The Labute approximate surface area is 524 Å². The van der Waals surface area contributed by atoms with Gasteiger partial charge in [-0.3, -0.25) is 4.79 Å². The number of amides is 1. The molecule has 0 spiro atoms. The summed E-state index contributed by atoms with van der Waals surface area (Å²) in [5, 5.41) is 5.72. The highest BCUT2D eigenvalue weighted by Crippen LogP contribution is 2.47. The Hall–Kier alpha value is -5.75. The van der Waals surface area contributed by atoms with E-state index >= 15 is 0 Å². The summed E-state index contributed by atoms with van der Waals surface area (Å²) in [5.41, 5.74) is -2.17. The Bertz CT molecular complexity index is 3610. The van der Waals surface area contributed by atoms with Gasteiger partial charge < -0.3 is 24.0 Å². The number of likely N-dealkylation sites (N-methyl/N-ethyl adjacent to an activating group) is 1. The van der Waals surface area contributed by atoms with Crippen molar-refractivity contribution < 1.29 is 43.7 Å². The number of anilines is 2. The molecule has 1 fully saturated rings. The number of carbonyl (C=O) groups is 1. The highest BCUT2D eigenvalue weighted by Gasteiger charge is 2.51. The van der Waals surface area contributed by atoms with Crippen LogP contribution in [0.2, 0.25) is 28.2 Å². The number of rotatable bonds is 24. The van der Waals surface area contributed by atoms with Crippen LogP contribution in [0, 0.1) is 5.92 Å². The van der Waals surface area contributed by atoms with Gasteiger partial charge in [0, 0.05) is 59.2 Å². The first-order chi connectivity index (χ1) is 41.0. The van der Waals surface area contributed by atoms with Crippen LogP contribution in [0.15, 0.2) is 197 Å². The number of carbonyl (C=O) groups excluding carboxylic acids is 1. The largest absolute Gasteiger partial charge is 0.501 e. The molecule has 0 aromatic heterocycles. The highest BCUT2D eigenvalue weighted by atomic mass is 35.5. The Balaban J connectivity index is 0.963. The van der Waals surface area contributed by atoms with Crippen molar-refractivity contribution in [3.05, 3.63) is 198 Å². The molecule has 87 heavy (non-hydrogen) atoms. The van der Waals surface area contributed by atoms with Gasteiger partial charge in [-0.05, 0) is 156 Å². The van der Waals surface area contributed by atoms with Gasteiger partial charge in [0.2, 0.25) is 0 Å². The summed E-state index contributed by atoms with van der Waals surface area (Å²) in [6.45, 7) is 20.5. The molecule has 7 aromatic carbocycles. The van der Waals surface area contributed by atoms with Crippen LogP contribution in [0.3, 0.4) is 0 Å². The predicted molar refractivity (Wildman–Crippen MR) is 354 cm³/mol. The molecule has 2 N–H and O–H groups in total. The van der Waals surface area contributed by atoms with Crippen molar-refractivity contribution in [1.82, 2.24) is 9.62 Å². The Morgan fingerprint density at radius 3 is 1.85 bits per heavy atom. The van der Waals surface area contributed by atoms with Crippen LogP contribution in [-0.2, 0) is 28.7 Å². The third-order valence-electron chi connectivity index (χ3n) is 16.8. The van der Waals surface area contributed by atoms with Crippen molar-refractivity contribution in [3.63, 3.8) is 0 Å². The van der Waals surface area contributed by atoms with Crippen LogP contribution < -0.4 is 25.3 Å². The zero-order valence-corrected chi connectivity index (χ0v) is 56.1. The van der Waals surface area contributed by atoms with Crippen LogP contribution >= 0.6 is 23.4 Å². The molecule has 1 aliphatic heterocycles. The zero-order chi connectivity index (χ0) is 63.0. The van der Waals surface area contributed by atoms with E-state index in [1.807, 2.05) is 109 Å². The van der Waals surface area contributed by atoms with Crippen molar-refractivity contribution in [2.75, 3.05) is 55.8 Å². The molecule has 0 radical (unpaired) electrons. The van der Waals surface area contributed by atoms with Crippen molar-refractivity contribution in [2.24, 2.45) is 5.92 Å². The molecule has 1 heterocycles. The lowest BCUT2D eigenvalue weighted by Gasteiger charge is -2.44. The Morgan fingerprint density at radius 2 is 1.29 bits per heavy atom. The molecule has 1 amide bonds. The summed E-state index contributed by atoms with van der Waals surface area (Å²) >= 11 is 7.73. The van der Waals surface area contributed by atoms with Gasteiger partial charge in [-0.1, -0.05) is 168 Å². The van der Waals surface area contributed by atoms with E-state index in [0.29, 0.717) is 56.0 Å². The Kier molecular flexibility index (Phi) is 21.6. The van der Waals surface area contributed by atoms with E-state index in [2.05, 4.69) is 112 Å². The van der Waals surface area contributed by atoms with Gasteiger partial charge in [-0.15, -0.1) is 11.8 Å². The normalized spacial score (nSPS) is 14.9. The zero-order valence-electron chi connectivity index (χ0n) is 50.9. The number of thioether (sulfide) groups is 1. The molecular formula is C67H80ClF3N4O7S3Si2. The van der Waals surface area contributed by atoms with E-state index in [0.717, 1.165) is 62.6 Å². The van der Waals surface area contributed by atoms with Gasteiger partial charge in [0.25, 0.3) is 34.1 Å². The molecule has 11 nitrogen and oxygen atoms in total. The highest BCUT2D eigenvalue weighted by molar-refractivity contribution is 7.99. The summed E-state index contributed by atoms with van der Waals surface area (Å²) in [7, 11) is -14.3. The second-order valence-electron chi connectivity index (χ2n) is 24.9. The Morgan fingerprint density at radius 1 is 0.724 bits per heavy atom. The number of sulfone groups is 1. The van der Waals surface area contributed by atoms with E-state index in [4.69, 9.17) is 20.5 Å². The van der Waals surface area contributed by atoms with Gasteiger partial charge in [-0.25, -0.2) is 21.6 Å². The van der Waals surface area contributed by atoms with Gasteiger partial charge in [-0.2, -0.15) is 13.2 Å². The van der Waals surface area contributed by atoms with Crippen LogP contribution in [0.5, 0.6) is 0 Å². The lowest BCUT2D eigenvalue weighted by molar-refractivity contribution is -0.0436. The fourth-order valence-electron chi connectivity index (χ4n) is 10.9. The van der Waals surface area contributed by atoms with E-state index in [-0.39, 0.29) is 27.7 Å². The first-order valence-corrected chi connectivity index (χ1v) is 38.4. The minimum absolute atomic E-state index is 0.0291. The molecular weight excluding hydrogens is 1220 g/mol. The third-order valence-corrected chi connectivity index (χ3v) is 30.6. The quantitative estimate of drug-likeness (QED) is 0.0442. The molecule has 1 saturated heterocycles. The van der Waals surface area contributed by atoms with Crippen LogP contribution in [-0.4, -0.2) is 101 Å². The van der Waals surface area contributed by atoms with Crippen LogP contribution in [0.1, 0.15) is 82.8 Å². The number of piperidine rings is 1. The molecule has 0 saturated carbocycles. The fourth-order valence-corrected chi connectivity index (χ4v) is 19.9. The lowest BCUT2D eigenvalue weighted by Crippen LogP contribution is -2.67. The van der Waals surface area contributed by atoms with E-state index in [9.17, 15) is 34.8 Å². The average Bonchev–Trinajstić information content (AvgIpc) is 1.03. The summed E-state index contributed by atoms with van der Waals surface area (Å²) in [6.07, 6.45) is 1.78. The van der Waals surface area contributed by atoms with Crippen molar-refractivity contribution >= 4 is 87.5 Å². The molecule has 8 rings (SSSR count). The second kappa shape index (κ2) is 28.0. The van der Waals surface area contributed by atoms with E-state index in [1.54, 1.807) is 12.1 Å². The predicted octanol–water partition coefficient (Wildman–Crippen LogP) is 14.9. The first kappa shape index (κ1) is 67.2. The van der Waals surface area contributed by atoms with Crippen LogP contribution in [0.4, 0.5) is 24.5 Å². The molecule has 0 bridgehead atoms. The average molecular weight is 1300 g/mol. The number of halogens is 4. The summed E-state index contributed by atoms with van der Waals surface area (Å²) in [5.74, 6) is -0.558. The number of hydrogen-bond acceptors (Lipinski definition) is 11. The smallest absolute Gasteiger partial charge is 0.410 e. The summed E-state index contributed by atoms with van der Waals surface area (Å²) < 4.78 is 115. The number of nitrogens with one attached hydrogen (secondary N) is 2. The maximum Gasteiger partial charge on any atom is 0.501 e. The van der Waals surface area contributed by atoms with Crippen molar-refractivity contribution in [2.45, 2.75) is 116 Å². The monoisotopic (exact) mass is 1300 g/mol. The van der Waals surface area contributed by atoms with Crippen LogP contribution in [0.25, 0.3) is 11.1 Å². The third kappa shape index (κ3) is 16.2. The molecule has 0 unspecified atom stereocenters. The van der Waals surface area contributed by atoms with Gasteiger partial charge in [0.05, 0.1) is 16.7 Å². The first-order valence-electron chi connectivity index (χ1n) is 29.3. The lowest BCUT2D eigenvalue weighted by atomic mass is 9.84. The van der Waals surface area contributed by atoms with Gasteiger partial charge in [0.1, 0.15) is 4.90 Å². The maximum atomic E-state index is 14.6. The number of sulfonamides is 1. The SMILES string of the molecule is CN(CCO[Si](c1ccccc1)(c1ccccc1)C(C)(C)C)CC[C@H](CSc1ccccc1)Nc1ccc(S(=O)(=O)NC(=O)c2ccc(N3CCC([C@@H](O[Si](C)(C)C(C)(C)C)c4ccccc4-c4ccc(Cl)cc4)CC3)cc2)cc1S(=O)(=O)C(F)(F)F. The molecule has 464 valence electrons. The minimum Gasteiger partial charge on any atom is -0.410 e. The van der Waals surface area contributed by atoms with Gasteiger partial charge >= 0.3 is 5.51 Å². The maximum absolute atomic E-state index is 14.6. The summed E-state index contributed by atoms with van der Waals surface area (Å²) in [6, 6.07) is 54.4. The molecule has 0 aliphatic carbocycles. The van der Waals surface area contributed by atoms with E-state index < -0.39 is 69.4 Å².